The Morgan fingerprint density at radius 1 is 1.08 bits per heavy atom. The highest BCUT2D eigenvalue weighted by molar-refractivity contribution is 5.97. The summed E-state index contributed by atoms with van der Waals surface area (Å²) >= 11 is 0. The molecule has 0 aromatic heterocycles. The average molecular weight is 352 g/mol. The summed E-state index contributed by atoms with van der Waals surface area (Å²) in [6.45, 7) is 2.57. The molecule has 1 aliphatic heterocycles. The Balaban J connectivity index is 1.73. The van der Waals surface area contributed by atoms with Crippen molar-refractivity contribution in [2.75, 3.05) is 18.5 Å². The maximum Gasteiger partial charge on any atom is 0.335 e. The molecule has 0 radical (unpaired) electrons. The zero-order chi connectivity index (χ0) is 18.8. The minimum absolute atomic E-state index is 0.00440. The molecule has 2 aromatic carbocycles. The van der Waals surface area contributed by atoms with Gasteiger partial charge < -0.3 is 14.9 Å². The lowest BCUT2D eigenvalue weighted by Crippen LogP contribution is -2.27. The summed E-state index contributed by atoms with van der Waals surface area (Å²) in [5, 5.41) is 8.94. The van der Waals surface area contributed by atoms with Crippen LogP contribution in [0.1, 0.15) is 38.8 Å². The monoisotopic (exact) mass is 352 g/mol. The van der Waals surface area contributed by atoms with Crippen molar-refractivity contribution in [1.82, 2.24) is 4.90 Å². The second-order valence-corrected chi connectivity index (χ2v) is 6.43. The van der Waals surface area contributed by atoms with Gasteiger partial charge in [-0.05, 0) is 47.9 Å². The Morgan fingerprint density at radius 3 is 2.35 bits per heavy atom. The number of amides is 2. The molecule has 134 valence electrons. The van der Waals surface area contributed by atoms with Crippen molar-refractivity contribution in [2.24, 2.45) is 0 Å². The van der Waals surface area contributed by atoms with Crippen LogP contribution in [0.25, 0.3) is 0 Å². The number of carboxylic acid groups (broad SMARTS) is 1. The highest BCUT2D eigenvalue weighted by Gasteiger charge is 2.23. The zero-order valence-corrected chi connectivity index (χ0v) is 14.7. The molecule has 0 fully saturated rings. The number of anilines is 1. The van der Waals surface area contributed by atoms with E-state index < -0.39 is 5.97 Å². The van der Waals surface area contributed by atoms with Crippen molar-refractivity contribution in [3.8, 4) is 0 Å². The van der Waals surface area contributed by atoms with Crippen LogP contribution in [-0.4, -0.2) is 41.4 Å². The van der Waals surface area contributed by atoms with E-state index in [1.807, 2.05) is 12.1 Å². The molecular weight excluding hydrogens is 332 g/mol. The van der Waals surface area contributed by atoms with Crippen LogP contribution in [0, 0.1) is 0 Å². The second-order valence-electron chi connectivity index (χ2n) is 6.43. The highest BCUT2D eigenvalue weighted by Crippen LogP contribution is 2.29. The fourth-order valence-electron chi connectivity index (χ4n) is 3.18. The molecule has 1 N–H and O–H groups in total. The smallest absolute Gasteiger partial charge is 0.335 e. The largest absolute Gasteiger partial charge is 0.478 e. The van der Waals surface area contributed by atoms with Gasteiger partial charge in [-0.3, -0.25) is 9.59 Å². The van der Waals surface area contributed by atoms with E-state index in [1.165, 1.54) is 19.1 Å². The molecular formula is C20H20N2O4. The molecule has 3 rings (SSSR count). The fraction of sp³-hybridized carbons (Fsp3) is 0.250. The van der Waals surface area contributed by atoms with Crippen molar-refractivity contribution in [3.05, 3.63) is 64.7 Å². The molecule has 0 unspecified atom stereocenters. The quantitative estimate of drug-likeness (QED) is 0.917. The van der Waals surface area contributed by atoms with E-state index >= 15 is 0 Å². The maximum atomic E-state index is 12.7. The molecule has 0 spiro atoms. The summed E-state index contributed by atoms with van der Waals surface area (Å²) < 4.78 is 0. The lowest BCUT2D eigenvalue weighted by molar-refractivity contribution is -0.116. The summed E-state index contributed by atoms with van der Waals surface area (Å²) in [6.07, 6.45) is 0.746. The van der Waals surface area contributed by atoms with Crippen LogP contribution in [0.2, 0.25) is 0 Å². The van der Waals surface area contributed by atoms with Gasteiger partial charge in [0.05, 0.1) is 5.56 Å². The molecule has 6 heteroatoms. The van der Waals surface area contributed by atoms with Crippen molar-refractivity contribution >= 4 is 23.5 Å². The van der Waals surface area contributed by atoms with Crippen LogP contribution in [-0.2, 0) is 17.8 Å². The van der Waals surface area contributed by atoms with Crippen LogP contribution in [0.3, 0.4) is 0 Å². The standard InChI is InChI=1S/C20H20N2O4/c1-13(23)22-10-9-16-11-17(7-8-18(16)22)19(24)21(2)12-14-3-5-15(6-4-14)20(25)26/h3-8,11H,9-10,12H2,1-2H3,(H,25,26). The minimum Gasteiger partial charge on any atom is -0.478 e. The molecule has 1 aliphatic rings. The molecule has 0 atom stereocenters. The summed E-state index contributed by atoms with van der Waals surface area (Å²) in [5.74, 6) is -1.08. The number of carboxylic acids is 1. The van der Waals surface area contributed by atoms with Gasteiger partial charge in [0.1, 0.15) is 0 Å². The van der Waals surface area contributed by atoms with E-state index in [4.69, 9.17) is 5.11 Å². The lowest BCUT2D eigenvalue weighted by Gasteiger charge is -2.19. The number of hydrogen-bond donors (Lipinski definition) is 1. The van der Waals surface area contributed by atoms with Gasteiger partial charge in [0, 0.05) is 38.3 Å². The molecule has 0 aliphatic carbocycles. The Morgan fingerprint density at radius 2 is 1.73 bits per heavy atom. The van der Waals surface area contributed by atoms with E-state index in [9.17, 15) is 14.4 Å². The van der Waals surface area contributed by atoms with Gasteiger partial charge in [-0.25, -0.2) is 4.79 Å². The average Bonchev–Trinajstić information content (AvgIpc) is 3.04. The first kappa shape index (κ1) is 17.7. The Labute approximate surface area is 151 Å². The van der Waals surface area contributed by atoms with Crippen molar-refractivity contribution in [2.45, 2.75) is 19.9 Å². The summed E-state index contributed by atoms with van der Waals surface area (Å²) in [5.41, 5.74) is 3.54. The molecule has 2 aromatic rings. The Kier molecular flexibility index (Phi) is 4.75. The first-order valence-corrected chi connectivity index (χ1v) is 8.35. The van der Waals surface area contributed by atoms with Gasteiger partial charge in [0.15, 0.2) is 0 Å². The molecule has 0 saturated heterocycles. The number of benzene rings is 2. The summed E-state index contributed by atoms with van der Waals surface area (Å²) in [4.78, 5) is 38.5. The van der Waals surface area contributed by atoms with Gasteiger partial charge in [-0.15, -0.1) is 0 Å². The highest BCUT2D eigenvalue weighted by atomic mass is 16.4. The van der Waals surface area contributed by atoms with Crippen molar-refractivity contribution in [1.29, 1.82) is 0 Å². The van der Waals surface area contributed by atoms with E-state index in [0.717, 1.165) is 23.2 Å². The van der Waals surface area contributed by atoms with Crippen LogP contribution in [0.15, 0.2) is 42.5 Å². The van der Waals surface area contributed by atoms with Gasteiger partial charge in [-0.2, -0.15) is 0 Å². The second kappa shape index (κ2) is 7.00. The Bertz CT molecular complexity index is 874. The number of carbonyl (C=O) groups excluding carboxylic acids is 2. The predicted molar refractivity (Wildman–Crippen MR) is 97.4 cm³/mol. The van der Waals surface area contributed by atoms with Gasteiger partial charge >= 0.3 is 5.97 Å². The number of aromatic carboxylic acids is 1. The lowest BCUT2D eigenvalue weighted by atomic mass is 10.1. The number of hydrogen-bond acceptors (Lipinski definition) is 3. The van der Waals surface area contributed by atoms with Crippen LogP contribution in [0.4, 0.5) is 5.69 Å². The Hall–Kier alpha value is -3.15. The fourth-order valence-corrected chi connectivity index (χ4v) is 3.18. The van der Waals surface area contributed by atoms with Crippen LogP contribution >= 0.6 is 0 Å². The van der Waals surface area contributed by atoms with Gasteiger partial charge in [0.2, 0.25) is 5.91 Å². The molecule has 0 saturated carbocycles. The van der Waals surface area contributed by atoms with Crippen molar-refractivity contribution < 1.29 is 19.5 Å². The number of rotatable bonds is 4. The third kappa shape index (κ3) is 3.44. The minimum atomic E-state index is -0.973. The molecule has 0 bridgehead atoms. The zero-order valence-electron chi connectivity index (χ0n) is 14.7. The normalized spacial score (nSPS) is 12.6. The van der Waals surface area contributed by atoms with E-state index in [0.29, 0.717) is 18.7 Å². The first-order valence-electron chi connectivity index (χ1n) is 8.35. The van der Waals surface area contributed by atoms with E-state index in [2.05, 4.69) is 0 Å². The number of carbonyl (C=O) groups is 3. The number of nitrogens with zero attached hydrogens (tertiary/aromatic N) is 2. The van der Waals surface area contributed by atoms with Crippen molar-refractivity contribution in [3.63, 3.8) is 0 Å². The topological polar surface area (TPSA) is 77.9 Å². The van der Waals surface area contributed by atoms with Gasteiger partial charge in [-0.1, -0.05) is 12.1 Å². The molecule has 26 heavy (non-hydrogen) atoms. The maximum absolute atomic E-state index is 12.7. The third-order valence-corrected chi connectivity index (χ3v) is 4.57. The number of fused-ring (bicyclic) bond motifs is 1. The molecule has 6 nitrogen and oxygen atoms in total. The van der Waals surface area contributed by atoms with E-state index in [1.54, 1.807) is 35.0 Å². The summed E-state index contributed by atoms with van der Waals surface area (Å²) in [6, 6.07) is 11.9. The first-order chi connectivity index (χ1) is 12.4. The SMILES string of the molecule is CC(=O)N1CCc2cc(C(=O)N(C)Cc3ccc(C(=O)O)cc3)ccc21. The van der Waals surface area contributed by atoms with Crippen LogP contribution in [0.5, 0.6) is 0 Å². The predicted octanol–water partition coefficient (Wildman–Crippen LogP) is 2.57. The van der Waals surface area contributed by atoms with Crippen LogP contribution < -0.4 is 4.90 Å². The van der Waals surface area contributed by atoms with Gasteiger partial charge in [0.25, 0.3) is 5.91 Å². The third-order valence-electron chi connectivity index (χ3n) is 4.57. The molecule has 1 heterocycles. The summed E-state index contributed by atoms with van der Waals surface area (Å²) in [7, 11) is 1.71. The van der Waals surface area contributed by atoms with E-state index in [-0.39, 0.29) is 17.4 Å². The molecule has 2 amide bonds.